The third-order valence-corrected chi connectivity index (χ3v) is 0. The van der Waals surface area contributed by atoms with Gasteiger partial charge in [0.15, 0.2) is 0 Å². The summed E-state index contributed by atoms with van der Waals surface area (Å²) < 4.78 is 0. The van der Waals surface area contributed by atoms with E-state index < -0.39 is 29.8 Å². The molecule has 22 heavy (non-hydrogen) atoms. The van der Waals surface area contributed by atoms with E-state index in [1.807, 2.05) is 0 Å². The molecule has 0 bridgehead atoms. The fraction of sp³-hybridized carbons (Fsp3) is 0.500. The van der Waals surface area contributed by atoms with E-state index in [9.17, 15) is 0 Å². The Morgan fingerprint density at radius 1 is 0.591 bits per heavy atom. The molecule has 0 amide bonds. The molecule has 0 spiro atoms. The zero-order chi connectivity index (χ0) is 17.9. The van der Waals surface area contributed by atoms with E-state index in [1.54, 1.807) is 0 Å². The van der Waals surface area contributed by atoms with Gasteiger partial charge in [0.05, 0.1) is 0 Å². The average Bonchev–Trinajstić information content (AvgIpc) is 1.94. The summed E-state index contributed by atoms with van der Waals surface area (Å²) in [5.74, 6) is -4.92. The Morgan fingerprint density at radius 2 is 0.591 bits per heavy atom. The van der Waals surface area contributed by atoms with Gasteiger partial charge in [0, 0.05) is 31.8 Å². The van der Waals surface area contributed by atoms with Crippen LogP contribution in [0.5, 0.6) is 0 Å². The van der Waals surface area contributed by atoms with Gasteiger partial charge in [-0.3, -0.25) is 9.59 Å². The molecule has 0 aromatic rings. The first-order valence-corrected chi connectivity index (χ1v) is 4.58. The largest absolute Gasteiger partial charge is 2.00 e. The smallest absolute Gasteiger partial charge is 0.550 e. The Kier molecular flexibility index (Phi) is 71.6. The minimum absolute atomic E-state index is 0. The summed E-state index contributed by atoms with van der Waals surface area (Å²) in [6.45, 7) is 5.08. The van der Waals surface area contributed by atoms with E-state index in [0.29, 0.717) is 0 Å². The molecule has 0 saturated heterocycles. The van der Waals surface area contributed by atoms with Gasteiger partial charge in [-0.1, -0.05) is 0 Å². The van der Waals surface area contributed by atoms with Gasteiger partial charge in [0.2, 0.25) is 0 Å². The molecule has 0 heterocycles. The average molecular weight is 376 g/mol. The standard InChI is InChI=1S/5C2H4O2.Fe.Na/c5*1-2(3)4;;/h5*1H3,(H,3,4);;/q;;;;;+2;+1/p-3. The van der Waals surface area contributed by atoms with Gasteiger partial charge in [-0.05, 0) is 20.8 Å². The third-order valence-electron chi connectivity index (χ3n) is 0. The molecule has 0 aliphatic carbocycles. The maximum atomic E-state index is 9.00. The second kappa shape index (κ2) is 36.8. The van der Waals surface area contributed by atoms with E-state index in [4.69, 9.17) is 49.5 Å². The molecule has 0 aliphatic rings. The zero-order valence-corrected chi connectivity index (χ0v) is 16.1. The van der Waals surface area contributed by atoms with Gasteiger partial charge in [-0.25, -0.2) is 0 Å². The van der Waals surface area contributed by atoms with Crippen molar-refractivity contribution in [1.29, 1.82) is 0 Å². The van der Waals surface area contributed by atoms with Crippen LogP contribution in [0, 0.1) is 0 Å². The van der Waals surface area contributed by atoms with Crippen LogP contribution in [0.3, 0.4) is 0 Å². The van der Waals surface area contributed by atoms with Crippen molar-refractivity contribution in [2.75, 3.05) is 0 Å². The molecule has 0 aromatic heterocycles. The SMILES string of the molecule is CC(=O)O.CC(=O)O.CC(=O)[O-].CC(=O)[O-].CC(=O)[O-].[Fe+2].[Na+]. The Bertz CT molecular complexity index is 216. The molecular formula is C10H17FeNaO10. The normalized spacial score (nSPS) is 5.68. The summed E-state index contributed by atoms with van der Waals surface area (Å²) in [5, 5.41) is 41.5. The summed E-state index contributed by atoms with van der Waals surface area (Å²) in [6.07, 6.45) is 0. The Hall–Kier alpha value is -1.13. The maximum absolute atomic E-state index is 9.00. The quantitative estimate of drug-likeness (QED) is 0.384. The number of carbonyl (C=O) groups excluding carboxylic acids is 3. The molecule has 0 unspecified atom stereocenters. The molecule has 0 rings (SSSR count). The summed E-state index contributed by atoms with van der Waals surface area (Å²) in [4.78, 5) is 44.7. The number of carboxylic acid groups (broad SMARTS) is 5. The van der Waals surface area contributed by atoms with Crippen LogP contribution in [0.15, 0.2) is 0 Å². The molecule has 0 aromatic carbocycles. The first-order valence-electron chi connectivity index (χ1n) is 4.58. The minimum Gasteiger partial charge on any atom is -0.550 e. The summed E-state index contributed by atoms with van der Waals surface area (Å²) in [7, 11) is 0. The van der Waals surface area contributed by atoms with Crippen LogP contribution in [-0.4, -0.2) is 40.1 Å². The fourth-order valence-electron chi connectivity index (χ4n) is 0. The van der Waals surface area contributed by atoms with Gasteiger partial charge < -0.3 is 39.9 Å². The van der Waals surface area contributed by atoms with Crippen LogP contribution in [0.1, 0.15) is 34.6 Å². The molecular weight excluding hydrogens is 359 g/mol. The fourth-order valence-corrected chi connectivity index (χ4v) is 0. The van der Waals surface area contributed by atoms with Gasteiger partial charge >= 0.3 is 46.6 Å². The van der Waals surface area contributed by atoms with Crippen LogP contribution in [0.2, 0.25) is 0 Å². The molecule has 0 radical (unpaired) electrons. The van der Waals surface area contributed by atoms with E-state index >= 15 is 0 Å². The monoisotopic (exact) mass is 376 g/mol. The first-order chi connectivity index (χ1) is 8.66. The van der Waals surface area contributed by atoms with E-state index in [0.717, 1.165) is 34.6 Å². The van der Waals surface area contributed by atoms with Crippen molar-refractivity contribution in [2.45, 2.75) is 34.6 Å². The molecule has 0 fully saturated rings. The number of hydrogen-bond donors (Lipinski definition) is 2. The molecule has 0 atom stereocenters. The zero-order valence-electron chi connectivity index (χ0n) is 13.0. The van der Waals surface area contributed by atoms with E-state index in [-0.39, 0.29) is 46.6 Å². The predicted octanol–water partition coefficient (Wildman–Crippen LogP) is -6.55. The Balaban J connectivity index is -0.0000000250. The topological polar surface area (TPSA) is 195 Å². The summed E-state index contributed by atoms with van der Waals surface area (Å²) in [5.41, 5.74) is 0. The van der Waals surface area contributed by atoms with Crippen molar-refractivity contribution in [3.63, 3.8) is 0 Å². The molecule has 0 saturated carbocycles. The van der Waals surface area contributed by atoms with Crippen molar-refractivity contribution in [3.05, 3.63) is 0 Å². The molecule has 0 aliphatic heterocycles. The number of aliphatic carboxylic acids is 5. The maximum Gasteiger partial charge on any atom is 2.00 e. The number of rotatable bonds is 0. The number of carboxylic acids is 5. The Labute approximate surface area is 160 Å². The van der Waals surface area contributed by atoms with Crippen molar-refractivity contribution in [1.82, 2.24) is 0 Å². The van der Waals surface area contributed by atoms with Crippen LogP contribution in [0.25, 0.3) is 0 Å². The van der Waals surface area contributed by atoms with Gasteiger partial charge in [-0.2, -0.15) is 0 Å². The summed E-state index contributed by atoms with van der Waals surface area (Å²) >= 11 is 0. The van der Waals surface area contributed by atoms with Crippen LogP contribution in [0.4, 0.5) is 0 Å². The van der Waals surface area contributed by atoms with E-state index in [1.165, 1.54) is 0 Å². The van der Waals surface area contributed by atoms with Crippen LogP contribution in [-0.2, 0) is 41.0 Å². The minimum atomic E-state index is -1.08. The summed E-state index contributed by atoms with van der Waals surface area (Å²) in [6, 6.07) is 0. The van der Waals surface area contributed by atoms with Crippen molar-refractivity contribution < 1.29 is 96.1 Å². The number of hydrogen-bond acceptors (Lipinski definition) is 8. The molecule has 126 valence electrons. The molecule has 2 N–H and O–H groups in total. The van der Waals surface area contributed by atoms with Gasteiger partial charge in [0.1, 0.15) is 0 Å². The number of carbonyl (C=O) groups is 5. The van der Waals surface area contributed by atoms with Crippen molar-refractivity contribution in [3.8, 4) is 0 Å². The van der Waals surface area contributed by atoms with E-state index in [2.05, 4.69) is 0 Å². The molecule has 10 nitrogen and oxygen atoms in total. The predicted molar refractivity (Wildman–Crippen MR) is 58.7 cm³/mol. The third kappa shape index (κ3) is 4710. The van der Waals surface area contributed by atoms with Crippen LogP contribution >= 0.6 is 0 Å². The van der Waals surface area contributed by atoms with Gasteiger partial charge in [0.25, 0.3) is 11.9 Å². The van der Waals surface area contributed by atoms with Crippen molar-refractivity contribution in [2.24, 2.45) is 0 Å². The molecule has 12 heteroatoms. The first kappa shape index (κ1) is 42.8. The second-order valence-electron chi connectivity index (χ2n) is 2.51. The Morgan fingerprint density at radius 3 is 0.591 bits per heavy atom. The van der Waals surface area contributed by atoms with Crippen molar-refractivity contribution >= 4 is 29.8 Å². The van der Waals surface area contributed by atoms with Gasteiger partial charge in [-0.15, -0.1) is 0 Å². The second-order valence-corrected chi connectivity index (χ2v) is 2.51. The van der Waals surface area contributed by atoms with Crippen LogP contribution < -0.4 is 44.9 Å².